The van der Waals surface area contributed by atoms with E-state index >= 15 is 0 Å². The first-order chi connectivity index (χ1) is 71.6. The molecule has 11 nitrogen and oxygen atoms in total. The van der Waals surface area contributed by atoms with E-state index in [0.29, 0.717) is 34.3 Å². The number of nitrogens with zero attached hydrogens (tertiary/aromatic N) is 10. The molecule has 0 spiro atoms. The summed E-state index contributed by atoms with van der Waals surface area (Å²) in [5.41, 5.74) is 17.1. The van der Waals surface area contributed by atoms with E-state index in [1.54, 1.807) is 11.3 Å². The normalized spacial score (nSPS) is 12.5. The van der Waals surface area contributed by atoms with Gasteiger partial charge in [0.05, 0.1) is 71.4 Å². The fourth-order valence-electron chi connectivity index (χ4n) is 21.8. The molecule has 0 N–H and O–H groups in total. The van der Waals surface area contributed by atoms with Gasteiger partial charge in [0.1, 0.15) is 17.0 Å². The van der Waals surface area contributed by atoms with Crippen molar-refractivity contribution in [1.29, 1.82) is 0 Å². The minimum atomic E-state index is -0.448. The van der Waals surface area contributed by atoms with Crippen molar-refractivity contribution in [3.63, 3.8) is 0 Å². The molecule has 22 aromatic carbocycles. The van der Waals surface area contributed by atoms with Gasteiger partial charge in [-0.25, -0.2) is 34.9 Å². The molecule has 0 atom stereocenters. The summed E-state index contributed by atoms with van der Waals surface area (Å²) in [4.78, 5) is 35.8. The van der Waals surface area contributed by atoms with Gasteiger partial charge in [-0.3, -0.25) is 9.13 Å². The maximum absolute atomic E-state index is 8.97. The molecule has 0 aliphatic rings. The van der Waals surface area contributed by atoms with Crippen LogP contribution in [0.15, 0.2) is 453 Å². The van der Waals surface area contributed by atoms with Gasteiger partial charge in [0.2, 0.25) is 0 Å². The fourth-order valence-corrected chi connectivity index (χ4v) is 24.5. The summed E-state index contributed by atoms with van der Waals surface area (Å²) in [5.74, 6) is 3.16. The average Bonchev–Trinajstić information content (AvgIpc) is 1.54. The lowest BCUT2D eigenvalue weighted by atomic mass is 9.98. The van der Waals surface area contributed by atoms with Crippen LogP contribution >= 0.6 is 22.7 Å². The van der Waals surface area contributed by atoms with Crippen LogP contribution in [0.4, 0.5) is 0 Å². The summed E-state index contributed by atoms with van der Waals surface area (Å²) in [6.45, 7) is 0. The number of fused-ring (bicyclic) bond motifs is 38. The highest BCUT2D eigenvalue weighted by molar-refractivity contribution is 7.28. The minimum Gasteiger partial charge on any atom is -0.454 e. The van der Waals surface area contributed by atoms with E-state index in [1.807, 2.05) is 133 Å². The maximum atomic E-state index is 8.97. The molecular formula is C127H74N10OS2. The number of aromatic nitrogens is 10. The summed E-state index contributed by atoms with van der Waals surface area (Å²) in [7, 11) is 0. The molecule has 31 aromatic rings. The summed E-state index contributed by atoms with van der Waals surface area (Å²) < 4.78 is 61.8. The summed E-state index contributed by atoms with van der Waals surface area (Å²) in [5, 5.41) is 28.6. The zero-order valence-corrected chi connectivity index (χ0v) is 76.2. The second-order valence-corrected chi connectivity index (χ2v) is 37.5. The van der Waals surface area contributed by atoms with Crippen molar-refractivity contribution < 1.29 is 11.3 Å². The Labute approximate surface area is 814 Å². The molecule has 140 heavy (non-hydrogen) atoms. The van der Waals surface area contributed by atoms with E-state index in [-0.39, 0.29) is 23.3 Å². The van der Waals surface area contributed by atoms with Crippen molar-refractivity contribution in [3.05, 3.63) is 449 Å². The monoisotopic (exact) mass is 1820 g/mol. The molecule has 0 amide bonds. The van der Waals surface area contributed by atoms with Gasteiger partial charge in [-0.15, -0.1) is 22.7 Å². The van der Waals surface area contributed by atoms with Crippen molar-refractivity contribution in [3.8, 4) is 74.0 Å². The van der Waals surface area contributed by atoms with E-state index < -0.39 is 18.1 Å². The van der Waals surface area contributed by atoms with Crippen molar-refractivity contribution in [2.75, 3.05) is 0 Å². The molecule has 0 aliphatic heterocycles. The molecule has 0 saturated carbocycles. The highest BCUT2D eigenvalue weighted by Gasteiger charge is 2.31. The first-order valence-corrected chi connectivity index (χ1v) is 48.4. The molecule has 0 fully saturated rings. The van der Waals surface area contributed by atoms with Crippen LogP contribution in [0.1, 0.15) is 6.85 Å². The van der Waals surface area contributed by atoms with Crippen molar-refractivity contribution in [2.45, 2.75) is 0 Å². The van der Waals surface area contributed by atoms with Crippen LogP contribution in [0.3, 0.4) is 0 Å². The van der Waals surface area contributed by atoms with Crippen molar-refractivity contribution >= 4 is 237 Å². The summed E-state index contributed by atoms with van der Waals surface area (Å²) in [6, 6.07) is 144. The fraction of sp³-hybridized carbons (Fsp3) is 0. The largest absolute Gasteiger partial charge is 0.454 e. The third-order valence-electron chi connectivity index (χ3n) is 27.8. The molecule has 0 saturated heterocycles. The quantitative estimate of drug-likeness (QED) is 0.148. The molecular weight excluding hydrogens is 1750 g/mol. The Morgan fingerprint density at radius 3 is 1.04 bits per heavy atom. The lowest BCUT2D eigenvalue weighted by Crippen LogP contribution is -2.03. The first kappa shape index (κ1) is 74.1. The Morgan fingerprint density at radius 1 is 0.214 bits per heavy atom. The van der Waals surface area contributed by atoms with E-state index in [9.17, 15) is 0 Å². The lowest BCUT2D eigenvalue weighted by molar-refractivity contribution is 0.671. The van der Waals surface area contributed by atoms with E-state index in [1.165, 1.54) is 111 Å². The molecule has 0 bridgehead atoms. The van der Waals surface area contributed by atoms with Gasteiger partial charge in [-0.05, 0) is 126 Å². The molecule has 13 heteroatoms. The van der Waals surface area contributed by atoms with Crippen LogP contribution in [0.2, 0.25) is 0 Å². The van der Waals surface area contributed by atoms with Gasteiger partial charge in [0.25, 0.3) is 0 Å². The number of furan rings is 1. The number of hydrogen-bond donors (Lipinski definition) is 0. The van der Waals surface area contributed by atoms with Crippen LogP contribution in [0.25, 0.3) is 288 Å². The zero-order chi connectivity index (χ0) is 96.1. The topological polar surface area (TPSA) is 118 Å². The molecule has 9 aromatic heterocycles. The second-order valence-electron chi connectivity index (χ2n) is 35.5. The van der Waals surface area contributed by atoms with Crippen LogP contribution in [-0.4, -0.2) is 48.6 Å². The Bertz CT molecular complexity index is 10900. The predicted molar refractivity (Wildman–Crippen MR) is 587 cm³/mol. The predicted octanol–water partition coefficient (Wildman–Crippen LogP) is 34.3. The SMILES string of the molecule is [2H]c1c([2H])c([2H])c(-c2nc3ccccc3nc2-n2c3ccccc3c3c4ccccc4c4c5ccc6ccccc6c5sc4c32)c([2H])c1[2H].c1ccc(-c2nc(-c3ccccc3)nc(-c3ccc(-n4c5c6ccccc6ccc5c5c6ccccc6c6c7ccccc7oc6c54)cc3)n2)cc1.c1ccc(-c2nc3ccccc3nc2-n2c3ccccc3c3c4ccccc4c4c5ccc6ccccc6c5sc4c32)cc1. The molecule has 0 aliphatic carbocycles. The summed E-state index contributed by atoms with van der Waals surface area (Å²) >= 11 is 3.65. The Kier molecular flexibility index (Phi) is 16.8. The molecule has 650 valence electrons. The van der Waals surface area contributed by atoms with Crippen molar-refractivity contribution in [2.24, 2.45) is 0 Å². The smallest absolute Gasteiger partial charge is 0.165 e. The molecule has 0 unspecified atom stereocenters. The number of hydrogen-bond acceptors (Lipinski definition) is 10. The van der Waals surface area contributed by atoms with E-state index in [4.69, 9.17) is 46.2 Å². The van der Waals surface area contributed by atoms with Gasteiger partial charge in [-0.2, -0.15) is 0 Å². The van der Waals surface area contributed by atoms with Crippen LogP contribution in [0, 0.1) is 0 Å². The van der Waals surface area contributed by atoms with Gasteiger partial charge in [0.15, 0.2) is 34.7 Å². The first-order valence-electron chi connectivity index (χ1n) is 49.3. The van der Waals surface area contributed by atoms with Gasteiger partial charge < -0.3 is 8.98 Å². The third kappa shape index (κ3) is 12.2. The molecule has 31 rings (SSSR count). The number of para-hydroxylation sites is 7. The van der Waals surface area contributed by atoms with Gasteiger partial charge in [0, 0.05) is 113 Å². The maximum Gasteiger partial charge on any atom is 0.165 e. The van der Waals surface area contributed by atoms with E-state index in [0.717, 1.165) is 132 Å². The second kappa shape index (κ2) is 31.7. The van der Waals surface area contributed by atoms with Gasteiger partial charge in [-0.1, -0.05) is 382 Å². The van der Waals surface area contributed by atoms with Gasteiger partial charge >= 0.3 is 0 Å². The Morgan fingerprint density at radius 2 is 0.564 bits per heavy atom. The van der Waals surface area contributed by atoms with Crippen LogP contribution in [0.5, 0.6) is 0 Å². The third-order valence-corrected chi connectivity index (χ3v) is 30.3. The lowest BCUT2D eigenvalue weighted by Gasteiger charge is -2.14. The highest BCUT2D eigenvalue weighted by Crippen LogP contribution is 2.54. The van der Waals surface area contributed by atoms with Crippen LogP contribution in [-0.2, 0) is 0 Å². The number of benzene rings is 22. The zero-order valence-electron chi connectivity index (χ0n) is 79.5. The minimum absolute atomic E-state index is 0.0181. The standard InChI is InChI=1S/C47H28N4O.2C40H23N3S/c1-3-14-30(15-4-1)45-48-46(31-16-5-2-6-17-31)50-47(49-45)32-23-26-33(27-24-32)51-42-34-18-8-7-13-29(34)25-28-38(42)40-35-19-9-10-20-36(35)41-37-21-11-12-22-39(37)52-44(41)43(40)51;2*1-2-13-25(14-3-1)36-40(42-32-20-10-9-19-31(32)41-36)43-33-21-11-8-18-29(33)34-27-16-6-7-17-28(27)35-30-23-22-24-12-4-5-15-26(24)38(30)44-39(35)37(34)43/h1-28H;2*1-23H/i;1D,2D,3D,13D,14D;. The van der Waals surface area contributed by atoms with E-state index in [2.05, 4.69) is 311 Å². The average molecular weight is 1830 g/mol. The van der Waals surface area contributed by atoms with Crippen molar-refractivity contribution in [1.82, 2.24) is 48.6 Å². The highest BCUT2D eigenvalue weighted by atomic mass is 32.1. The number of thiophene rings is 2. The molecule has 0 radical (unpaired) electrons. The summed E-state index contributed by atoms with van der Waals surface area (Å²) in [6.07, 6.45) is 0. The number of rotatable bonds is 8. The van der Waals surface area contributed by atoms with Crippen LogP contribution < -0.4 is 0 Å². The Hall–Kier alpha value is -18.3. The molecule has 9 heterocycles. The Balaban J connectivity index is 0.000000104.